The van der Waals surface area contributed by atoms with E-state index in [9.17, 15) is 0 Å². The van der Waals surface area contributed by atoms with E-state index in [-0.39, 0.29) is 35.6 Å². The monoisotopic (exact) mass is 744 g/mol. The van der Waals surface area contributed by atoms with E-state index in [2.05, 4.69) is 165 Å². The molecular formula is C45H44Cl2Zr. The molecule has 0 N–H and O–H groups in total. The van der Waals surface area contributed by atoms with E-state index in [0.717, 1.165) is 0 Å². The van der Waals surface area contributed by atoms with Crippen LogP contribution in [0.25, 0.3) is 23.3 Å². The fourth-order valence-electron chi connectivity index (χ4n) is 8.46. The van der Waals surface area contributed by atoms with Gasteiger partial charge in [0.05, 0.1) is 0 Å². The summed E-state index contributed by atoms with van der Waals surface area (Å²) >= 11 is -2.85. The van der Waals surface area contributed by atoms with E-state index >= 15 is 0 Å². The van der Waals surface area contributed by atoms with Crippen molar-refractivity contribution in [3.63, 3.8) is 0 Å². The van der Waals surface area contributed by atoms with Crippen LogP contribution >= 0.6 is 0 Å². The normalized spacial score (nSPS) is 18.4. The van der Waals surface area contributed by atoms with Crippen molar-refractivity contribution in [3.05, 3.63) is 162 Å². The van der Waals surface area contributed by atoms with Crippen molar-refractivity contribution < 1.29 is 46.1 Å². The van der Waals surface area contributed by atoms with Gasteiger partial charge in [0, 0.05) is 0 Å². The van der Waals surface area contributed by atoms with E-state index in [4.69, 9.17) is 0 Å². The summed E-state index contributed by atoms with van der Waals surface area (Å²) in [4.78, 5) is 0. The van der Waals surface area contributed by atoms with Gasteiger partial charge in [0.15, 0.2) is 0 Å². The van der Waals surface area contributed by atoms with Crippen LogP contribution in [0.4, 0.5) is 0 Å². The molecule has 3 heteroatoms. The molecular weight excluding hydrogens is 703 g/mol. The Kier molecular flexibility index (Phi) is 9.12. The quantitative estimate of drug-likeness (QED) is 0.264. The molecule has 0 fully saturated rings. The summed E-state index contributed by atoms with van der Waals surface area (Å²) in [7, 11) is 0. The van der Waals surface area contributed by atoms with Gasteiger partial charge in [0.1, 0.15) is 0 Å². The van der Waals surface area contributed by atoms with Gasteiger partial charge in [-0.1, -0.05) is 0 Å². The molecule has 1 unspecified atom stereocenters. The minimum Gasteiger partial charge on any atom is -1.00 e. The Labute approximate surface area is 307 Å². The molecule has 0 aromatic heterocycles. The molecule has 0 aliphatic heterocycles. The summed E-state index contributed by atoms with van der Waals surface area (Å²) in [6, 6.07) is 29.3. The number of allylic oxidation sites excluding steroid dienone is 6. The molecule has 0 spiro atoms. The number of benzene rings is 4. The summed E-state index contributed by atoms with van der Waals surface area (Å²) in [6.45, 7) is 18.7. The fourth-order valence-corrected chi connectivity index (χ4v) is 18.1. The first-order chi connectivity index (χ1) is 21.9. The van der Waals surface area contributed by atoms with Crippen molar-refractivity contribution in [2.45, 2.75) is 69.8 Å². The summed E-state index contributed by atoms with van der Waals surface area (Å²) < 4.78 is 3.74. The Morgan fingerprint density at radius 2 is 1.06 bits per heavy atom. The Morgan fingerprint density at radius 3 is 1.46 bits per heavy atom. The molecule has 8 rings (SSSR count). The Hall–Kier alpha value is -2.83. The third kappa shape index (κ3) is 5.59. The minimum absolute atomic E-state index is 0. The van der Waals surface area contributed by atoms with Crippen LogP contribution in [0.5, 0.6) is 0 Å². The molecule has 4 aliphatic rings. The smallest absolute Gasteiger partial charge is 1.00 e. The number of fused-ring (bicyclic) bond motifs is 5. The van der Waals surface area contributed by atoms with Gasteiger partial charge in [0.25, 0.3) is 0 Å². The van der Waals surface area contributed by atoms with Crippen molar-refractivity contribution in [2.24, 2.45) is 5.92 Å². The predicted molar refractivity (Wildman–Crippen MR) is 194 cm³/mol. The maximum absolute atomic E-state index is 2.85. The standard InChI is InChI=1S/C23H21.C15H14.C7H9.2ClH.Zr/c1-22(2)7-5-14-10-18-16(12-20(14)22)9-17-13-21-15(11-19(17)18)6-8-23(21,3)4;1-12-3-7-14(8-4-12)11-15-9-5-13(2)6-10-15;1-6-3-4-7(2)5-6;;;/h5-13H,1-4H3;3-10H,1-2H3;3,5,7H,1-2H3;2*1H;/q;;;;;+2/p-2. The van der Waals surface area contributed by atoms with E-state index in [0.29, 0.717) is 9.54 Å². The zero-order chi connectivity index (χ0) is 32.1. The second kappa shape index (κ2) is 12.5. The average Bonchev–Trinajstić information content (AvgIpc) is 3.71. The number of hydrogen-bond acceptors (Lipinski definition) is 0. The zero-order valence-electron chi connectivity index (χ0n) is 29.3. The molecule has 0 radical (unpaired) electrons. The topological polar surface area (TPSA) is 0 Å². The van der Waals surface area contributed by atoms with Gasteiger partial charge in [-0.25, -0.2) is 0 Å². The maximum atomic E-state index is 2.64. The Bertz CT molecular complexity index is 1990. The summed E-state index contributed by atoms with van der Waals surface area (Å²) in [5.41, 5.74) is 18.8. The van der Waals surface area contributed by atoms with Gasteiger partial charge < -0.3 is 24.8 Å². The van der Waals surface area contributed by atoms with Crippen LogP contribution in [-0.4, -0.2) is 3.21 Å². The Morgan fingerprint density at radius 1 is 0.625 bits per heavy atom. The van der Waals surface area contributed by atoms with Crippen molar-refractivity contribution in [3.8, 4) is 11.1 Å². The molecule has 0 saturated carbocycles. The molecule has 0 amide bonds. The molecule has 0 heterocycles. The third-order valence-electron chi connectivity index (χ3n) is 11.0. The van der Waals surface area contributed by atoms with Crippen LogP contribution in [0.2, 0.25) is 0 Å². The van der Waals surface area contributed by atoms with Crippen LogP contribution in [0, 0.1) is 19.8 Å². The fraction of sp³-hybridized carbons (Fsp3) is 0.267. The molecule has 4 aliphatic carbocycles. The SMILES string of the molecule is CC1=CC(C)[C]([Zr+2](=[C](c2ccc(C)cc2)c2ccc(C)cc2)[CH]2c3cc4c(cc3-c3cc5c(cc32)C(C)(C)C=C5)C=CC4(C)C)=C1.[Cl-].[Cl-]. The van der Waals surface area contributed by atoms with Crippen molar-refractivity contribution in [1.29, 1.82) is 0 Å². The number of hydrogen-bond donors (Lipinski definition) is 0. The summed E-state index contributed by atoms with van der Waals surface area (Å²) in [6.07, 6.45) is 14.6. The zero-order valence-corrected chi connectivity index (χ0v) is 33.3. The number of aryl methyl sites for hydroxylation is 2. The average molecular weight is 747 g/mol. The first-order valence-electron chi connectivity index (χ1n) is 17.0. The van der Waals surface area contributed by atoms with Gasteiger partial charge in [-0.2, -0.15) is 0 Å². The molecule has 0 nitrogen and oxygen atoms in total. The van der Waals surface area contributed by atoms with E-state index in [1.54, 1.807) is 17.6 Å². The van der Waals surface area contributed by atoms with Crippen molar-refractivity contribution in [1.82, 2.24) is 0 Å². The second-order valence-corrected chi connectivity index (χ2v) is 21.5. The second-order valence-electron chi connectivity index (χ2n) is 15.4. The van der Waals surface area contributed by atoms with Gasteiger partial charge in [-0.05, 0) is 0 Å². The molecule has 1 atom stereocenters. The first kappa shape index (κ1) is 35.0. The van der Waals surface area contributed by atoms with Crippen LogP contribution in [0.15, 0.2) is 106 Å². The van der Waals surface area contributed by atoms with Gasteiger partial charge in [-0.15, -0.1) is 0 Å². The summed E-state index contributed by atoms with van der Waals surface area (Å²) in [5.74, 6) is 0.452. The first-order valence-corrected chi connectivity index (χ1v) is 20.8. The molecule has 0 bridgehead atoms. The van der Waals surface area contributed by atoms with Crippen LogP contribution in [0.1, 0.15) is 101 Å². The Balaban J connectivity index is 0.00000201. The van der Waals surface area contributed by atoms with Gasteiger partial charge >= 0.3 is 285 Å². The van der Waals surface area contributed by atoms with Crippen LogP contribution in [0.3, 0.4) is 0 Å². The van der Waals surface area contributed by atoms with Gasteiger partial charge in [0.2, 0.25) is 0 Å². The van der Waals surface area contributed by atoms with Gasteiger partial charge in [-0.3, -0.25) is 0 Å². The van der Waals surface area contributed by atoms with E-state index in [1.807, 2.05) is 0 Å². The maximum Gasteiger partial charge on any atom is -1.00 e. The van der Waals surface area contributed by atoms with Crippen LogP contribution in [-0.2, 0) is 32.1 Å². The predicted octanol–water partition coefficient (Wildman–Crippen LogP) is 5.36. The van der Waals surface area contributed by atoms with Crippen LogP contribution < -0.4 is 24.8 Å². The molecule has 0 saturated heterocycles. The molecule has 4 aromatic rings. The molecule has 4 aromatic carbocycles. The van der Waals surface area contributed by atoms with E-state index < -0.39 is 21.3 Å². The summed E-state index contributed by atoms with van der Waals surface area (Å²) in [5, 5.41) is 0. The van der Waals surface area contributed by atoms with E-state index in [1.165, 1.54) is 61.2 Å². The largest absolute Gasteiger partial charge is 1.00 e. The number of rotatable bonds is 4. The third-order valence-corrected chi connectivity index (χ3v) is 19.7. The molecule has 48 heavy (non-hydrogen) atoms. The minimum atomic E-state index is -2.85. The molecule has 242 valence electrons. The number of halogens is 2. The van der Waals surface area contributed by atoms with Crippen molar-refractivity contribution in [2.75, 3.05) is 0 Å². The van der Waals surface area contributed by atoms with Crippen molar-refractivity contribution >= 4 is 15.4 Å².